The highest BCUT2D eigenvalue weighted by Crippen LogP contribution is 2.49. The van der Waals surface area contributed by atoms with E-state index in [0.717, 1.165) is 5.57 Å². The van der Waals surface area contributed by atoms with Gasteiger partial charge in [-0.05, 0) is 18.6 Å². The number of aromatic nitrogens is 1. The molecule has 2 aliphatic heterocycles. The number of carbonyl (C=O) groups excluding carboxylic acids is 1. The maximum absolute atomic E-state index is 14.1. The number of nitrogens with one attached hydrogen (secondary N) is 1. The fourth-order valence-corrected chi connectivity index (χ4v) is 3.93. The van der Waals surface area contributed by atoms with E-state index in [9.17, 15) is 9.18 Å². The van der Waals surface area contributed by atoms with Crippen LogP contribution in [0.1, 0.15) is 12.5 Å². The Kier molecular flexibility index (Phi) is 3.18. The van der Waals surface area contributed by atoms with E-state index in [1.165, 1.54) is 24.0 Å². The molecule has 2 atom stereocenters. The molecular weight excluding hydrogens is 303 g/mol. The first-order valence-electron chi connectivity index (χ1n) is 5.81. The van der Waals surface area contributed by atoms with Crippen molar-refractivity contribution >= 4 is 40.1 Å². The summed E-state index contributed by atoms with van der Waals surface area (Å²) in [5.74, 6) is -1.16. The molecule has 0 fully saturated rings. The Bertz CT molecular complexity index is 675. The molecule has 1 aromatic rings. The molecule has 0 aliphatic carbocycles. The molecule has 0 aromatic carbocycles. The molecule has 2 aliphatic rings. The number of pyridine rings is 1. The molecule has 3 heterocycles. The number of aliphatic imine (C=N–C) groups is 1. The van der Waals surface area contributed by atoms with E-state index >= 15 is 0 Å². The zero-order valence-electron chi connectivity index (χ0n) is 10.4. The van der Waals surface area contributed by atoms with Gasteiger partial charge in [-0.2, -0.15) is 0 Å². The summed E-state index contributed by atoms with van der Waals surface area (Å²) in [5, 5.41) is 1.94. The normalized spacial score (nSPS) is 25.4. The summed E-state index contributed by atoms with van der Waals surface area (Å²) in [7, 11) is 0. The quantitative estimate of drug-likeness (QED) is 0.774. The molecule has 0 radical (unpaired) electrons. The molecule has 0 saturated carbocycles. The second-order valence-electron chi connectivity index (χ2n) is 4.47. The Labute approximate surface area is 123 Å². The lowest BCUT2D eigenvalue weighted by molar-refractivity contribution is -0.122. The topological polar surface area (TPSA) is 80.4 Å². The average molecular weight is 313 g/mol. The number of rotatable bonds is 1. The van der Waals surface area contributed by atoms with Crippen molar-refractivity contribution in [1.29, 1.82) is 0 Å². The van der Waals surface area contributed by atoms with Crippen molar-refractivity contribution in [3.8, 4) is 0 Å². The van der Waals surface area contributed by atoms with Crippen molar-refractivity contribution in [1.82, 2.24) is 10.3 Å². The van der Waals surface area contributed by atoms with Crippen LogP contribution < -0.4 is 11.1 Å². The van der Waals surface area contributed by atoms with Gasteiger partial charge in [-0.15, -0.1) is 0 Å². The molecule has 5 nitrogen and oxygen atoms in total. The monoisotopic (exact) mass is 312 g/mol. The molecule has 3 N–H and O–H groups in total. The number of nitrogens with two attached hydrogens (primary N) is 1. The van der Waals surface area contributed by atoms with E-state index in [4.69, 9.17) is 17.3 Å². The number of hydrogen-bond donors (Lipinski definition) is 2. The highest BCUT2D eigenvalue weighted by atomic mass is 35.5. The van der Waals surface area contributed by atoms with Gasteiger partial charge in [-0.3, -0.25) is 10.1 Å². The molecule has 104 valence electrons. The lowest BCUT2D eigenvalue weighted by atomic mass is 9.96. The van der Waals surface area contributed by atoms with Crippen molar-refractivity contribution in [2.45, 2.75) is 12.3 Å². The highest BCUT2D eigenvalue weighted by Gasteiger charge is 2.42. The van der Waals surface area contributed by atoms with Crippen LogP contribution >= 0.6 is 23.4 Å². The van der Waals surface area contributed by atoms with Crippen LogP contribution in [0.3, 0.4) is 0 Å². The minimum atomic E-state index is -0.591. The number of hydrogen-bond acceptors (Lipinski definition) is 5. The van der Waals surface area contributed by atoms with Gasteiger partial charge in [0.15, 0.2) is 16.9 Å². The molecule has 0 bridgehead atoms. The van der Waals surface area contributed by atoms with Crippen molar-refractivity contribution < 1.29 is 9.18 Å². The Morgan fingerprint density at radius 1 is 1.55 bits per heavy atom. The van der Waals surface area contributed by atoms with Crippen LogP contribution in [0, 0.1) is 11.7 Å². The number of thioether (sulfide) groups is 1. The van der Waals surface area contributed by atoms with Crippen molar-refractivity contribution in [2.24, 2.45) is 16.6 Å². The minimum absolute atomic E-state index is 0.0889. The van der Waals surface area contributed by atoms with Crippen LogP contribution in [-0.2, 0) is 4.79 Å². The van der Waals surface area contributed by atoms with Crippen LogP contribution in [0.25, 0.3) is 4.91 Å². The first-order valence-corrected chi connectivity index (χ1v) is 7.06. The lowest BCUT2D eigenvalue weighted by Gasteiger charge is -2.21. The first-order chi connectivity index (χ1) is 9.49. The fourth-order valence-electron chi connectivity index (χ4n) is 2.31. The highest BCUT2D eigenvalue weighted by molar-refractivity contribution is 8.09. The Hall–Kier alpha value is -1.60. The summed E-state index contributed by atoms with van der Waals surface area (Å²) in [6.45, 7) is 1.79. The van der Waals surface area contributed by atoms with E-state index in [2.05, 4.69) is 15.3 Å². The van der Waals surface area contributed by atoms with Crippen LogP contribution in [0.5, 0.6) is 0 Å². The van der Waals surface area contributed by atoms with Gasteiger partial charge < -0.3 is 5.73 Å². The Morgan fingerprint density at radius 3 is 3.05 bits per heavy atom. The van der Waals surface area contributed by atoms with Gasteiger partial charge in [0.05, 0.1) is 5.92 Å². The number of guanidine groups is 1. The predicted octanol–water partition coefficient (Wildman–Crippen LogP) is 1.74. The third-order valence-electron chi connectivity index (χ3n) is 3.24. The van der Waals surface area contributed by atoms with Gasteiger partial charge in [0.1, 0.15) is 5.37 Å². The van der Waals surface area contributed by atoms with Crippen LogP contribution in [-0.4, -0.2) is 22.2 Å². The van der Waals surface area contributed by atoms with E-state index < -0.39 is 11.7 Å². The first kappa shape index (κ1) is 13.4. The minimum Gasteiger partial charge on any atom is -0.370 e. The summed E-state index contributed by atoms with van der Waals surface area (Å²) in [4.78, 5) is 20.5. The van der Waals surface area contributed by atoms with Gasteiger partial charge >= 0.3 is 0 Å². The van der Waals surface area contributed by atoms with E-state index in [1.54, 1.807) is 6.92 Å². The van der Waals surface area contributed by atoms with Crippen molar-refractivity contribution in [3.05, 3.63) is 34.4 Å². The zero-order valence-corrected chi connectivity index (χ0v) is 11.9. The van der Waals surface area contributed by atoms with Crippen LogP contribution in [0.15, 0.2) is 22.8 Å². The van der Waals surface area contributed by atoms with E-state index in [-0.39, 0.29) is 22.4 Å². The smallest absolute Gasteiger partial charge is 0.236 e. The molecular formula is C12H10ClFN4OS. The fraction of sp³-hybridized carbons (Fsp3) is 0.250. The number of fused-ring (bicyclic) bond motifs is 1. The second-order valence-corrected chi connectivity index (χ2v) is 5.95. The third kappa shape index (κ3) is 1.97. The number of amides is 1. The standard InChI is InChI=1S/C12H10ClFN4OS/c1-4-6-10(19)17-12(15)18-11(6)20-8(4)5-2-3-16-9(13)7(5)14/h2-3,6,11H,1H3,(H3,15,17,18,19). The largest absolute Gasteiger partial charge is 0.370 e. The maximum atomic E-state index is 14.1. The summed E-state index contributed by atoms with van der Waals surface area (Å²) in [6.07, 6.45) is 1.43. The summed E-state index contributed by atoms with van der Waals surface area (Å²) in [5.41, 5.74) is 6.64. The average Bonchev–Trinajstić information content (AvgIpc) is 2.70. The summed E-state index contributed by atoms with van der Waals surface area (Å²) in [6, 6.07) is 1.54. The second kappa shape index (κ2) is 4.75. The Morgan fingerprint density at radius 2 is 2.30 bits per heavy atom. The van der Waals surface area contributed by atoms with Gasteiger partial charge in [0.25, 0.3) is 0 Å². The summed E-state index contributed by atoms with van der Waals surface area (Å²) < 4.78 is 14.1. The number of halogens is 2. The lowest BCUT2D eigenvalue weighted by Crippen LogP contribution is -2.47. The molecule has 0 saturated heterocycles. The third-order valence-corrected chi connectivity index (χ3v) is 4.90. The van der Waals surface area contributed by atoms with Crippen molar-refractivity contribution in [2.75, 3.05) is 0 Å². The molecule has 0 spiro atoms. The molecule has 2 unspecified atom stereocenters. The SMILES string of the molecule is CC1=C(c2ccnc(Cl)c2F)SC2N=C(N)NC(=O)C12. The van der Waals surface area contributed by atoms with Crippen molar-refractivity contribution in [3.63, 3.8) is 0 Å². The van der Waals surface area contributed by atoms with Crippen LogP contribution in [0.4, 0.5) is 4.39 Å². The Balaban J connectivity index is 2.08. The molecule has 1 aromatic heterocycles. The maximum Gasteiger partial charge on any atom is 0.236 e. The van der Waals surface area contributed by atoms with Gasteiger partial charge in [-0.25, -0.2) is 14.4 Å². The summed E-state index contributed by atoms with van der Waals surface area (Å²) >= 11 is 7.01. The molecule has 8 heteroatoms. The molecule has 20 heavy (non-hydrogen) atoms. The van der Waals surface area contributed by atoms with Gasteiger partial charge in [-0.1, -0.05) is 23.4 Å². The molecule has 3 rings (SSSR count). The molecule has 1 amide bonds. The number of nitrogens with zero attached hydrogens (tertiary/aromatic N) is 2. The number of carbonyl (C=O) groups is 1. The van der Waals surface area contributed by atoms with Gasteiger partial charge in [0, 0.05) is 16.7 Å². The zero-order chi connectivity index (χ0) is 14.4. The van der Waals surface area contributed by atoms with E-state index in [0.29, 0.717) is 10.5 Å². The van der Waals surface area contributed by atoms with Gasteiger partial charge in [0.2, 0.25) is 5.91 Å². The van der Waals surface area contributed by atoms with Crippen LogP contribution in [0.2, 0.25) is 5.15 Å². The predicted molar refractivity (Wildman–Crippen MR) is 76.4 cm³/mol. The van der Waals surface area contributed by atoms with E-state index in [1.807, 2.05) is 0 Å².